The van der Waals surface area contributed by atoms with E-state index in [-0.39, 0.29) is 13.1 Å². The molecule has 0 N–H and O–H groups in total. The maximum Gasteiger partial charge on any atom is 0.410 e. The average Bonchev–Trinajstić information content (AvgIpc) is 3.31. The van der Waals surface area contributed by atoms with Crippen LogP contribution in [0.5, 0.6) is 0 Å². The van der Waals surface area contributed by atoms with E-state index in [0.717, 1.165) is 5.41 Å². The van der Waals surface area contributed by atoms with Crippen LogP contribution in [-0.4, -0.2) is 61.5 Å². The van der Waals surface area contributed by atoms with Crippen LogP contribution in [0.4, 0.5) is 4.79 Å². The molecule has 0 spiro atoms. The molecule has 1 amide bonds. The molecule has 1 unspecified atom stereocenters. The van der Waals surface area contributed by atoms with Gasteiger partial charge in [-0.25, -0.2) is 18.0 Å². The number of methoxy groups -OCH3 is 1. The molecule has 1 fully saturated rings. The second-order valence-electron chi connectivity index (χ2n) is 9.50. The van der Waals surface area contributed by atoms with E-state index < -0.39 is 33.7 Å². The molecule has 0 aliphatic carbocycles. The van der Waals surface area contributed by atoms with E-state index >= 15 is 0 Å². The van der Waals surface area contributed by atoms with Crippen LogP contribution in [0, 0.1) is 0 Å². The van der Waals surface area contributed by atoms with Crippen LogP contribution in [0.1, 0.15) is 48.7 Å². The minimum Gasteiger partial charge on any atom is -0.465 e. The molecule has 10 heteroatoms. The first-order valence-electron chi connectivity index (χ1n) is 11.5. The van der Waals surface area contributed by atoms with E-state index in [1.165, 1.54) is 22.4 Å². The number of sulfonamides is 1. The lowest BCUT2D eigenvalue weighted by Crippen LogP contribution is -2.42. The largest absolute Gasteiger partial charge is 0.465 e. The molecule has 3 rings (SSSR count). The van der Waals surface area contributed by atoms with Crippen LogP contribution in [0.3, 0.4) is 0 Å². The fourth-order valence-corrected chi connectivity index (χ4v) is 5.28. The van der Waals surface area contributed by atoms with Crippen molar-refractivity contribution in [3.05, 3.63) is 75.7 Å². The van der Waals surface area contributed by atoms with Crippen molar-refractivity contribution in [3.8, 4) is 0 Å². The summed E-state index contributed by atoms with van der Waals surface area (Å²) in [6, 6.07) is 12.9. The van der Waals surface area contributed by atoms with Gasteiger partial charge < -0.3 is 14.4 Å². The fraction of sp³-hybridized carbons (Fsp3) is 0.385. The second-order valence-corrected chi connectivity index (χ2v) is 11.7. The van der Waals surface area contributed by atoms with Gasteiger partial charge in [-0.05, 0) is 68.7 Å². The lowest BCUT2D eigenvalue weighted by Gasteiger charge is -2.28. The highest BCUT2D eigenvalue weighted by Gasteiger charge is 2.37. The Hall–Kier alpha value is -2.88. The normalized spacial score (nSPS) is 16.5. The van der Waals surface area contributed by atoms with Gasteiger partial charge in [0.15, 0.2) is 0 Å². The van der Waals surface area contributed by atoms with E-state index in [1.54, 1.807) is 69.3 Å². The molecule has 0 radical (unpaired) electrons. The lowest BCUT2D eigenvalue weighted by molar-refractivity contribution is 0.0286. The van der Waals surface area contributed by atoms with Crippen molar-refractivity contribution in [1.29, 1.82) is 0 Å². The number of rotatable bonds is 7. The molecule has 0 saturated carbocycles. The number of hydrogen-bond donors (Lipinski definition) is 0. The van der Waals surface area contributed by atoms with Crippen molar-refractivity contribution in [3.63, 3.8) is 0 Å². The zero-order valence-corrected chi connectivity index (χ0v) is 22.4. The van der Waals surface area contributed by atoms with E-state index in [4.69, 9.17) is 21.1 Å². The molecule has 8 nitrogen and oxygen atoms in total. The predicted octanol–water partition coefficient (Wildman–Crippen LogP) is 4.94. The summed E-state index contributed by atoms with van der Waals surface area (Å²) < 4.78 is 38.6. The van der Waals surface area contributed by atoms with Crippen LogP contribution >= 0.6 is 11.6 Å². The maximum atomic E-state index is 13.5. The van der Waals surface area contributed by atoms with Crippen molar-refractivity contribution in [2.24, 2.45) is 0 Å². The Morgan fingerprint density at radius 3 is 2.33 bits per heavy atom. The molecule has 1 aliphatic heterocycles. The first kappa shape index (κ1) is 27.7. The number of esters is 1. The standard InChI is InChI=1S/C26H31ClN2O6S/c1-26(2,3)35-25(31)28-15-13-23(18-28)29(17-20-5-9-21(10-6-20)24(30)34-4)36(32,33)16-14-19-7-11-22(27)12-8-19/h5-12,14,16,23H,13,15,17-18H2,1-4H3. The minimum atomic E-state index is -3.88. The van der Waals surface area contributed by atoms with Crippen molar-refractivity contribution in [2.75, 3.05) is 20.2 Å². The number of likely N-dealkylation sites (tertiary alicyclic amines) is 1. The van der Waals surface area contributed by atoms with Gasteiger partial charge in [0, 0.05) is 36.1 Å². The minimum absolute atomic E-state index is 0.0710. The third kappa shape index (κ3) is 7.56. The van der Waals surface area contributed by atoms with E-state index in [9.17, 15) is 18.0 Å². The number of carbonyl (C=O) groups excluding carboxylic acids is 2. The van der Waals surface area contributed by atoms with Gasteiger partial charge in [-0.15, -0.1) is 0 Å². The molecule has 36 heavy (non-hydrogen) atoms. The van der Waals surface area contributed by atoms with Crippen LogP contribution in [-0.2, 0) is 26.0 Å². The number of halogens is 1. The first-order chi connectivity index (χ1) is 16.9. The molecule has 0 aromatic heterocycles. The smallest absolute Gasteiger partial charge is 0.410 e. The number of hydrogen-bond acceptors (Lipinski definition) is 6. The molecule has 1 aliphatic rings. The van der Waals surface area contributed by atoms with Crippen molar-refractivity contribution >= 4 is 39.8 Å². The summed E-state index contributed by atoms with van der Waals surface area (Å²) in [6.45, 7) is 6.02. The van der Waals surface area contributed by atoms with Crippen molar-refractivity contribution in [2.45, 2.75) is 45.4 Å². The molecule has 194 valence electrons. The fourth-order valence-electron chi connectivity index (χ4n) is 3.76. The average molecular weight is 535 g/mol. The number of benzene rings is 2. The van der Waals surface area contributed by atoms with Crippen molar-refractivity contribution < 1.29 is 27.5 Å². The Morgan fingerprint density at radius 2 is 1.75 bits per heavy atom. The van der Waals surface area contributed by atoms with Crippen LogP contribution in [0.2, 0.25) is 5.02 Å². The molecule has 0 bridgehead atoms. The summed E-state index contributed by atoms with van der Waals surface area (Å²) in [5, 5.41) is 1.72. The second kappa shape index (κ2) is 11.5. The monoisotopic (exact) mass is 534 g/mol. The topological polar surface area (TPSA) is 93.2 Å². The summed E-state index contributed by atoms with van der Waals surface area (Å²) in [5.41, 5.74) is 1.10. The van der Waals surface area contributed by atoms with Crippen LogP contribution < -0.4 is 0 Å². The molecular weight excluding hydrogens is 504 g/mol. The van der Waals surface area contributed by atoms with Gasteiger partial charge in [0.1, 0.15) is 5.60 Å². The zero-order chi connectivity index (χ0) is 26.5. The van der Waals surface area contributed by atoms with Crippen LogP contribution in [0.25, 0.3) is 6.08 Å². The van der Waals surface area contributed by atoms with Gasteiger partial charge in [-0.1, -0.05) is 35.9 Å². The van der Waals surface area contributed by atoms with Crippen molar-refractivity contribution in [1.82, 2.24) is 9.21 Å². The summed E-state index contributed by atoms with van der Waals surface area (Å²) in [4.78, 5) is 25.9. The quantitative estimate of drug-likeness (QED) is 0.467. The third-order valence-electron chi connectivity index (χ3n) is 5.57. The number of amides is 1. The lowest BCUT2D eigenvalue weighted by atomic mass is 10.1. The van der Waals surface area contributed by atoms with E-state index in [2.05, 4.69) is 0 Å². The predicted molar refractivity (Wildman–Crippen MR) is 139 cm³/mol. The highest BCUT2D eigenvalue weighted by molar-refractivity contribution is 7.92. The molecule has 1 saturated heterocycles. The van der Waals surface area contributed by atoms with Gasteiger partial charge in [0.05, 0.1) is 12.7 Å². The Bertz CT molecular complexity index is 1200. The summed E-state index contributed by atoms with van der Waals surface area (Å²) >= 11 is 5.93. The summed E-state index contributed by atoms with van der Waals surface area (Å²) in [5.74, 6) is -0.472. The number of ether oxygens (including phenoxy) is 2. The Labute approximate surface area is 217 Å². The first-order valence-corrected chi connectivity index (χ1v) is 13.4. The molecule has 2 aromatic carbocycles. The molecule has 2 aromatic rings. The third-order valence-corrected chi connectivity index (χ3v) is 7.38. The zero-order valence-electron chi connectivity index (χ0n) is 20.8. The van der Waals surface area contributed by atoms with Gasteiger partial charge >= 0.3 is 12.1 Å². The SMILES string of the molecule is COC(=O)c1ccc(CN(C2CCN(C(=O)OC(C)(C)C)C2)S(=O)(=O)C=Cc2ccc(Cl)cc2)cc1. The number of nitrogens with zero attached hydrogens (tertiary/aromatic N) is 2. The summed E-state index contributed by atoms with van der Waals surface area (Å²) in [6.07, 6.45) is 1.51. The maximum absolute atomic E-state index is 13.5. The highest BCUT2D eigenvalue weighted by Crippen LogP contribution is 2.25. The van der Waals surface area contributed by atoms with E-state index in [1.807, 2.05) is 0 Å². The number of carbonyl (C=O) groups is 2. The highest BCUT2D eigenvalue weighted by atomic mass is 35.5. The Balaban J connectivity index is 1.85. The Kier molecular flexibility index (Phi) is 8.81. The molecule has 1 heterocycles. The van der Waals surface area contributed by atoms with Gasteiger partial charge in [-0.2, -0.15) is 4.31 Å². The van der Waals surface area contributed by atoms with Gasteiger partial charge in [0.2, 0.25) is 10.0 Å². The van der Waals surface area contributed by atoms with Gasteiger partial charge in [-0.3, -0.25) is 0 Å². The molecular formula is C26H31ClN2O6S. The molecule has 1 atom stereocenters. The Morgan fingerprint density at radius 1 is 1.11 bits per heavy atom. The summed E-state index contributed by atoms with van der Waals surface area (Å²) in [7, 11) is -2.58. The van der Waals surface area contributed by atoms with E-state index in [0.29, 0.717) is 34.7 Å². The van der Waals surface area contributed by atoms with Crippen LogP contribution in [0.15, 0.2) is 53.9 Å². The van der Waals surface area contributed by atoms with Gasteiger partial charge in [0.25, 0.3) is 0 Å².